The smallest absolute Gasteiger partial charge is 0.252 e. The highest BCUT2D eigenvalue weighted by Gasteiger charge is 2.18. The first-order chi connectivity index (χ1) is 13.6. The minimum atomic E-state index is -0.324. The molecule has 0 spiro atoms. The van der Waals surface area contributed by atoms with Crippen LogP contribution in [-0.2, 0) is 6.54 Å². The van der Waals surface area contributed by atoms with Gasteiger partial charge in [0.1, 0.15) is 0 Å². The van der Waals surface area contributed by atoms with Crippen LogP contribution in [0, 0.1) is 0 Å². The summed E-state index contributed by atoms with van der Waals surface area (Å²) < 4.78 is 10.6. The van der Waals surface area contributed by atoms with Crippen LogP contribution in [0.4, 0.5) is 0 Å². The first-order valence-electron chi connectivity index (χ1n) is 8.68. The molecule has 0 atom stereocenters. The second kappa shape index (κ2) is 7.74. The van der Waals surface area contributed by atoms with Gasteiger partial charge in [-0.2, -0.15) is 0 Å². The molecule has 4 rings (SSSR count). The molecule has 3 aromatic carbocycles. The van der Waals surface area contributed by atoms with Crippen molar-refractivity contribution in [3.05, 3.63) is 94.0 Å². The quantitative estimate of drug-likeness (QED) is 0.659. The number of halogens is 1. The number of carbonyl (C=O) groups is 2. The number of ether oxygens (including phenoxy) is 2. The number of amides is 1. The molecule has 0 fully saturated rings. The van der Waals surface area contributed by atoms with Gasteiger partial charge in [-0.25, -0.2) is 0 Å². The third-order valence-electron chi connectivity index (χ3n) is 4.41. The standard InChI is InChI=1S/C22H16ClNO4/c23-16-8-6-15(7-9-16)21(25)17-3-1-2-4-18(17)22(26)24-12-14-5-10-19-20(11-14)28-13-27-19/h1-11H,12-13H2,(H,24,26). The Kier molecular flexibility index (Phi) is 5.00. The fraction of sp³-hybridized carbons (Fsp3) is 0.0909. The third kappa shape index (κ3) is 3.70. The van der Waals surface area contributed by atoms with Crippen molar-refractivity contribution in [2.45, 2.75) is 6.54 Å². The Morgan fingerprint density at radius 1 is 0.893 bits per heavy atom. The van der Waals surface area contributed by atoms with Gasteiger partial charge in [-0.3, -0.25) is 9.59 Å². The molecule has 1 amide bonds. The molecular formula is C22H16ClNO4. The topological polar surface area (TPSA) is 64.6 Å². The van der Waals surface area contributed by atoms with E-state index in [9.17, 15) is 9.59 Å². The summed E-state index contributed by atoms with van der Waals surface area (Å²) in [6.45, 7) is 0.504. The molecule has 0 saturated heterocycles. The number of carbonyl (C=O) groups excluding carboxylic acids is 2. The summed E-state index contributed by atoms with van der Waals surface area (Å²) in [7, 11) is 0. The highest BCUT2D eigenvalue weighted by molar-refractivity contribution is 6.30. The highest BCUT2D eigenvalue weighted by atomic mass is 35.5. The Bertz CT molecular complexity index is 1050. The van der Waals surface area contributed by atoms with E-state index in [4.69, 9.17) is 21.1 Å². The molecule has 140 valence electrons. The van der Waals surface area contributed by atoms with Crippen LogP contribution in [0.1, 0.15) is 31.8 Å². The molecule has 1 aliphatic rings. The maximum atomic E-state index is 12.8. The van der Waals surface area contributed by atoms with Crippen molar-refractivity contribution >= 4 is 23.3 Å². The van der Waals surface area contributed by atoms with E-state index in [0.717, 1.165) is 5.56 Å². The van der Waals surface area contributed by atoms with Gasteiger partial charge in [0.05, 0.1) is 5.56 Å². The van der Waals surface area contributed by atoms with Crippen molar-refractivity contribution in [1.82, 2.24) is 5.32 Å². The van der Waals surface area contributed by atoms with Crippen molar-refractivity contribution in [3.63, 3.8) is 0 Å². The van der Waals surface area contributed by atoms with Gasteiger partial charge in [-0.1, -0.05) is 35.9 Å². The number of benzene rings is 3. The maximum Gasteiger partial charge on any atom is 0.252 e. The van der Waals surface area contributed by atoms with E-state index in [2.05, 4.69) is 5.32 Å². The largest absolute Gasteiger partial charge is 0.454 e. The predicted octanol–water partition coefficient (Wildman–Crippen LogP) is 4.23. The summed E-state index contributed by atoms with van der Waals surface area (Å²) in [6, 6.07) is 18.8. The second-order valence-electron chi connectivity index (χ2n) is 6.25. The number of nitrogens with one attached hydrogen (secondary N) is 1. The number of hydrogen-bond acceptors (Lipinski definition) is 4. The zero-order valence-electron chi connectivity index (χ0n) is 14.8. The van der Waals surface area contributed by atoms with Crippen molar-refractivity contribution in [2.75, 3.05) is 6.79 Å². The lowest BCUT2D eigenvalue weighted by Gasteiger charge is -2.10. The van der Waals surface area contributed by atoms with E-state index in [1.807, 2.05) is 18.2 Å². The van der Waals surface area contributed by atoms with Crippen molar-refractivity contribution in [3.8, 4) is 11.5 Å². The third-order valence-corrected chi connectivity index (χ3v) is 4.66. The number of rotatable bonds is 5. The molecule has 1 aliphatic heterocycles. The number of fused-ring (bicyclic) bond motifs is 1. The van der Waals surface area contributed by atoms with Crippen molar-refractivity contribution < 1.29 is 19.1 Å². The Morgan fingerprint density at radius 3 is 2.39 bits per heavy atom. The zero-order chi connectivity index (χ0) is 19.5. The van der Waals surface area contributed by atoms with Crippen LogP contribution < -0.4 is 14.8 Å². The Morgan fingerprint density at radius 2 is 1.61 bits per heavy atom. The molecule has 28 heavy (non-hydrogen) atoms. The Labute approximate surface area is 166 Å². The van der Waals surface area contributed by atoms with Crippen LogP contribution in [0.5, 0.6) is 11.5 Å². The SMILES string of the molecule is O=C(NCc1ccc2c(c1)OCO2)c1ccccc1C(=O)c1ccc(Cl)cc1. The van der Waals surface area contributed by atoms with E-state index in [1.165, 1.54) is 0 Å². The first kappa shape index (κ1) is 18.1. The summed E-state index contributed by atoms with van der Waals surface area (Å²) in [5.41, 5.74) is 2.01. The van der Waals surface area contributed by atoms with Gasteiger partial charge in [-0.05, 0) is 48.0 Å². The summed E-state index contributed by atoms with van der Waals surface area (Å²) in [5, 5.41) is 3.40. The normalized spacial score (nSPS) is 11.9. The van der Waals surface area contributed by atoms with E-state index in [0.29, 0.717) is 39.8 Å². The van der Waals surface area contributed by atoms with E-state index in [1.54, 1.807) is 48.5 Å². The minimum absolute atomic E-state index is 0.200. The average Bonchev–Trinajstić information content (AvgIpc) is 3.20. The van der Waals surface area contributed by atoms with Crippen LogP contribution in [0.15, 0.2) is 66.7 Å². The fourth-order valence-corrected chi connectivity index (χ4v) is 3.09. The second-order valence-corrected chi connectivity index (χ2v) is 6.69. The van der Waals surface area contributed by atoms with Crippen LogP contribution in [-0.4, -0.2) is 18.5 Å². The monoisotopic (exact) mass is 393 g/mol. The number of hydrogen-bond donors (Lipinski definition) is 1. The van der Waals surface area contributed by atoms with Crippen molar-refractivity contribution in [2.24, 2.45) is 0 Å². The molecule has 5 nitrogen and oxygen atoms in total. The molecule has 0 aliphatic carbocycles. The Hall–Kier alpha value is -3.31. The minimum Gasteiger partial charge on any atom is -0.454 e. The molecule has 0 aromatic heterocycles. The van der Waals surface area contributed by atoms with Gasteiger partial charge in [-0.15, -0.1) is 0 Å². The maximum absolute atomic E-state index is 12.8. The molecule has 0 unspecified atom stereocenters. The van der Waals surface area contributed by atoms with Crippen LogP contribution >= 0.6 is 11.6 Å². The summed E-state index contributed by atoms with van der Waals surface area (Å²) in [4.78, 5) is 25.6. The highest BCUT2D eigenvalue weighted by Crippen LogP contribution is 2.32. The lowest BCUT2D eigenvalue weighted by atomic mass is 9.98. The Balaban J connectivity index is 1.52. The molecule has 0 bridgehead atoms. The van der Waals surface area contributed by atoms with Crippen molar-refractivity contribution in [1.29, 1.82) is 0 Å². The number of ketones is 1. The van der Waals surface area contributed by atoms with Crippen LogP contribution in [0.3, 0.4) is 0 Å². The van der Waals surface area contributed by atoms with Crippen LogP contribution in [0.2, 0.25) is 5.02 Å². The fourth-order valence-electron chi connectivity index (χ4n) is 2.96. The van der Waals surface area contributed by atoms with E-state index < -0.39 is 0 Å². The van der Waals surface area contributed by atoms with Gasteiger partial charge in [0, 0.05) is 22.7 Å². The van der Waals surface area contributed by atoms with Crippen LogP contribution in [0.25, 0.3) is 0 Å². The molecule has 0 saturated carbocycles. The van der Waals surface area contributed by atoms with Gasteiger partial charge in [0.25, 0.3) is 5.91 Å². The average molecular weight is 394 g/mol. The molecular weight excluding hydrogens is 378 g/mol. The molecule has 3 aromatic rings. The lowest BCUT2D eigenvalue weighted by molar-refractivity contribution is 0.0939. The summed E-state index contributed by atoms with van der Waals surface area (Å²) in [6.07, 6.45) is 0. The molecule has 6 heteroatoms. The van der Waals surface area contributed by atoms with E-state index >= 15 is 0 Å². The molecule has 1 N–H and O–H groups in total. The predicted molar refractivity (Wildman–Crippen MR) is 105 cm³/mol. The first-order valence-corrected chi connectivity index (χ1v) is 9.05. The molecule has 0 radical (unpaired) electrons. The summed E-state index contributed by atoms with van der Waals surface area (Å²) in [5.74, 6) is 0.792. The van der Waals surface area contributed by atoms with Gasteiger partial charge in [0.2, 0.25) is 6.79 Å². The molecule has 1 heterocycles. The van der Waals surface area contributed by atoms with Gasteiger partial charge in [0.15, 0.2) is 17.3 Å². The summed E-state index contributed by atoms with van der Waals surface area (Å²) >= 11 is 5.89. The zero-order valence-corrected chi connectivity index (χ0v) is 15.5. The van der Waals surface area contributed by atoms with Gasteiger partial charge >= 0.3 is 0 Å². The van der Waals surface area contributed by atoms with Gasteiger partial charge < -0.3 is 14.8 Å². The lowest BCUT2D eigenvalue weighted by Crippen LogP contribution is -2.25. The van der Waals surface area contributed by atoms with E-state index in [-0.39, 0.29) is 18.5 Å².